The van der Waals surface area contributed by atoms with Crippen LogP contribution in [0.3, 0.4) is 0 Å². The van der Waals surface area contributed by atoms with Crippen LogP contribution in [0.2, 0.25) is 0 Å². The predicted molar refractivity (Wildman–Crippen MR) is 59.8 cm³/mol. The Labute approximate surface area is 89.1 Å². The van der Waals surface area contributed by atoms with Crippen LogP contribution in [0.4, 0.5) is 0 Å². The standard InChI is InChI=1S/C11H15NOS/c1-8(2)7-14-11-10(9(3)13)5-4-6-12-11/h4-6,8H,7H2,1-3H3. The first-order valence-corrected chi connectivity index (χ1v) is 5.68. The van der Waals surface area contributed by atoms with Crippen LogP contribution in [0.5, 0.6) is 0 Å². The monoisotopic (exact) mass is 209 g/mol. The quantitative estimate of drug-likeness (QED) is 0.564. The minimum absolute atomic E-state index is 0.0874. The van der Waals surface area contributed by atoms with Crippen molar-refractivity contribution in [1.29, 1.82) is 0 Å². The Hall–Kier alpha value is -0.830. The van der Waals surface area contributed by atoms with Crippen molar-refractivity contribution in [2.45, 2.75) is 25.8 Å². The van der Waals surface area contributed by atoms with Crippen molar-refractivity contribution in [2.24, 2.45) is 5.92 Å². The summed E-state index contributed by atoms with van der Waals surface area (Å²) >= 11 is 1.65. The fourth-order valence-electron chi connectivity index (χ4n) is 1.02. The second-order valence-electron chi connectivity index (χ2n) is 3.62. The summed E-state index contributed by atoms with van der Waals surface area (Å²) in [6.07, 6.45) is 1.73. The van der Waals surface area contributed by atoms with Gasteiger partial charge in [0.25, 0.3) is 0 Å². The molecule has 14 heavy (non-hydrogen) atoms. The molecule has 2 nitrogen and oxygen atoms in total. The van der Waals surface area contributed by atoms with Gasteiger partial charge < -0.3 is 0 Å². The van der Waals surface area contributed by atoms with E-state index < -0.39 is 0 Å². The van der Waals surface area contributed by atoms with Crippen LogP contribution in [0, 0.1) is 5.92 Å². The van der Waals surface area contributed by atoms with Gasteiger partial charge >= 0.3 is 0 Å². The maximum atomic E-state index is 11.3. The average Bonchev–Trinajstić information content (AvgIpc) is 2.15. The zero-order valence-electron chi connectivity index (χ0n) is 8.78. The molecule has 0 aromatic carbocycles. The molecule has 76 valence electrons. The van der Waals surface area contributed by atoms with Gasteiger partial charge in [0.1, 0.15) is 5.03 Å². The lowest BCUT2D eigenvalue weighted by molar-refractivity contribution is 0.101. The number of carbonyl (C=O) groups excluding carboxylic acids is 1. The Morgan fingerprint density at radius 3 is 2.86 bits per heavy atom. The fraction of sp³-hybridized carbons (Fsp3) is 0.455. The summed E-state index contributed by atoms with van der Waals surface area (Å²) in [5.41, 5.74) is 0.734. The van der Waals surface area contributed by atoms with Crippen molar-refractivity contribution in [3.05, 3.63) is 23.9 Å². The minimum atomic E-state index is 0.0874. The molecule has 3 heteroatoms. The number of rotatable bonds is 4. The van der Waals surface area contributed by atoms with E-state index in [1.807, 2.05) is 6.07 Å². The molecule has 1 rings (SSSR count). The number of aromatic nitrogens is 1. The molecule has 0 amide bonds. The second-order valence-corrected chi connectivity index (χ2v) is 4.63. The van der Waals surface area contributed by atoms with Crippen molar-refractivity contribution in [1.82, 2.24) is 4.98 Å². The number of thioether (sulfide) groups is 1. The number of nitrogens with zero attached hydrogens (tertiary/aromatic N) is 1. The Balaban J connectivity index is 2.79. The molecule has 0 aliphatic rings. The maximum absolute atomic E-state index is 11.3. The molecule has 0 N–H and O–H groups in total. The minimum Gasteiger partial charge on any atom is -0.294 e. The van der Waals surface area contributed by atoms with Crippen LogP contribution < -0.4 is 0 Å². The molecule has 1 heterocycles. The van der Waals surface area contributed by atoms with E-state index in [0.29, 0.717) is 5.92 Å². The Morgan fingerprint density at radius 1 is 1.57 bits per heavy atom. The summed E-state index contributed by atoms with van der Waals surface area (Å²) in [6, 6.07) is 3.63. The predicted octanol–water partition coefficient (Wildman–Crippen LogP) is 3.03. The third kappa shape index (κ3) is 3.14. The zero-order valence-corrected chi connectivity index (χ0v) is 9.60. The van der Waals surface area contributed by atoms with E-state index in [1.165, 1.54) is 0 Å². The van der Waals surface area contributed by atoms with Gasteiger partial charge in [0.05, 0.1) is 0 Å². The van der Waals surface area contributed by atoms with E-state index in [0.717, 1.165) is 16.3 Å². The van der Waals surface area contributed by atoms with Gasteiger partial charge in [-0.3, -0.25) is 4.79 Å². The van der Waals surface area contributed by atoms with Crippen molar-refractivity contribution in [3.63, 3.8) is 0 Å². The van der Waals surface area contributed by atoms with E-state index >= 15 is 0 Å². The topological polar surface area (TPSA) is 30.0 Å². The molecule has 0 aliphatic heterocycles. The van der Waals surface area contributed by atoms with Crippen LogP contribution in [0.25, 0.3) is 0 Å². The number of Topliss-reactive ketones (excluding diaryl/α,β-unsaturated/α-hetero) is 1. The van der Waals surface area contributed by atoms with Crippen LogP contribution in [-0.2, 0) is 0 Å². The summed E-state index contributed by atoms with van der Waals surface area (Å²) in [4.78, 5) is 15.5. The largest absolute Gasteiger partial charge is 0.294 e. The van der Waals surface area contributed by atoms with Crippen LogP contribution in [0.1, 0.15) is 31.1 Å². The summed E-state index contributed by atoms with van der Waals surface area (Å²) in [6.45, 7) is 5.89. The molecule has 0 unspecified atom stereocenters. The maximum Gasteiger partial charge on any atom is 0.162 e. The first-order chi connectivity index (χ1) is 6.61. The van der Waals surface area contributed by atoms with Gasteiger partial charge in [-0.05, 0) is 25.0 Å². The summed E-state index contributed by atoms with van der Waals surface area (Å²) in [7, 11) is 0. The molecule has 0 saturated heterocycles. The molecule has 0 fully saturated rings. The number of hydrogen-bond acceptors (Lipinski definition) is 3. The van der Waals surface area contributed by atoms with Crippen molar-refractivity contribution < 1.29 is 4.79 Å². The van der Waals surface area contributed by atoms with Gasteiger partial charge in [0, 0.05) is 17.5 Å². The molecule has 0 radical (unpaired) electrons. The van der Waals surface area contributed by atoms with Crippen LogP contribution >= 0.6 is 11.8 Å². The van der Waals surface area contributed by atoms with Crippen molar-refractivity contribution in [3.8, 4) is 0 Å². The van der Waals surface area contributed by atoms with Gasteiger partial charge in [-0.15, -0.1) is 11.8 Å². The fourth-order valence-corrected chi connectivity index (χ4v) is 2.01. The molecule has 0 bridgehead atoms. The van der Waals surface area contributed by atoms with E-state index in [9.17, 15) is 4.79 Å². The first-order valence-electron chi connectivity index (χ1n) is 4.70. The zero-order chi connectivity index (χ0) is 10.6. The summed E-state index contributed by atoms with van der Waals surface area (Å²) in [5.74, 6) is 1.70. The van der Waals surface area contributed by atoms with Gasteiger partial charge in [0.15, 0.2) is 5.78 Å². The van der Waals surface area contributed by atoms with E-state index in [4.69, 9.17) is 0 Å². The van der Waals surface area contributed by atoms with Gasteiger partial charge in [-0.25, -0.2) is 4.98 Å². The summed E-state index contributed by atoms with van der Waals surface area (Å²) < 4.78 is 0. The molecule has 0 aliphatic carbocycles. The smallest absolute Gasteiger partial charge is 0.162 e. The number of carbonyl (C=O) groups is 1. The molecular formula is C11H15NOS. The first kappa shape index (κ1) is 11.2. The van der Waals surface area contributed by atoms with E-state index in [-0.39, 0.29) is 5.78 Å². The van der Waals surface area contributed by atoms with Crippen molar-refractivity contribution in [2.75, 3.05) is 5.75 Å². The van der Waals surface area contributed by atoms with Crippen LogP contribution in [0.15, 0.2) is 23.4 Å². The molecule has 1 aromatic rings. The molecule has 0 atom stereocenters. The third-order valence-corrected chi connectivity index (χ3v) is 3.14. The number of pyridine rings is 1. The van der Waals surface area contributed by atoms with Gasteiger partial charge in [0.2, 0.25) is 0 Å². The Kier molecular flexibility index (Phi) is 4.14. The molecule has 1 aromatic heterocycles. The normalized spacial score (nSPS) is 10.6. The highest BCUT2D eigenvalue weighted by atomic mass is 32.2. The third-order valence-electron chi connectivity index (χ3n) is 1.70. The highest BCUT2D eigenvalue weighted by Gasteiger charge is 2.08. The highest BCUT2D eigenvalue weighted by molar-refractivity contribution is 7.99. The lowest BCUT2D eigenvalue weighted by Crippen LogP contribution is -1.99. The van der Waals surface area contributed by atoms with E-state index in [2.05, 4.69) is 18.8 Å². The molecular weight excluding hydrogens is 194 g/mol. The SMILES string of the molecule is CC(=O)c1cccnc1SCC(C)C. The van der Waals surface area contributed by atoms with E-state index in [1.54, 1.807) is 30.9 Å². The Morgan fingerprint density at radius 2 is 2.29 bits per heavy atom. The average molecular weight is 209 g/mol. The highest BCUT2D eigenvalue weighted by Crippen LogP contribution is 2.22. The lowest BCUT2D eigenvalue weighted by atomic mass is 10.2. The lowest BCUT2D eigenvalue weighted by Gasteiger charge is -2.06. The van der Waals surface area contributed by atoms with Gasteiger partial charge in [-0.2, -0.15) is 0 Å². The number of ketones is 1. The number of hydrogen-bond donors (Lipinski definition) is 0. The molecule has 0 spiro atoms. The molecule has 0 saturated carbocycles. The summed E-state index contributed by atoms with van der Waals surface area (Å²) in [5, 5.41) is 0.855. The Bertz CT molecular complexity index is 323. The second kappa shape index (κ2) is 5.15. The van der Waals surface area contributed by atoms with Crippen molar-refractivity contribution >= 4 is 17.5 Å². The van der Waals surface area contributed by atoms with Crippen LogP contribution in [-0.4, -0.2) is 16.5 Å². The van der Waals surface area contributed by atoms with Gasteiger partial charge in [-0.1, -0.05) is 13.8 Å².